The third-order valence-electron chi connectivity index (χ3n) is 3.16. The van der Waals surface area contributed by atoms with Crippen LogP contribution in [0, 0.1) is 0 Å². The predicted molar refractivity (Wildman–Crippen MR) is 74.1 cm³/mol. The van der Waals surface area contributed by atoms with Gasteiger partial charge >= 0.3 is 0 Å². The van der Waals surface area contributed by atoms with Crippen molar-refractivity contribution in [1.82, 2.24) is 10.2 Å². The van der Waals surface area contributed by atoms with E-state index in [1.54, 1.807) is 0 Å². The normalized spacial score (nSPS) is 16.2. The average Bonchev–Trinajstić information content (AvgIpc) is 2.40. The van der Waals surface area contributed by atoms with E-state index in [0.29, 0.717) is 6.61 Å². The minimum absolute atomic E-state index is 0.259. The number of hydrogen-bond acceptors (Lipinski definition) is 4. The summed E-state index contributed by atoms with van der Waals surface area (Å²) < 4.78 is 5.72. The lowest BCUT2D eigenvalue weighted by molar-refractivity contribution is -0.117. The smallest absolute Gasteiger partial charge is 0.221 e. The van der Waals surface area contributed by atoms with Crippen molar-refractivity contribution in [3.8, 4) is 5.75 Å². The van der Waals surface area contributed by atoms with Crippen LogP contribution in [0.25, 0.3) is 0 Å². The monoisotopic (exact) mass is 263 g/mol. The van der Waals surface area contributed by atoms with E-state index in [9.17, 15) is 4.79 Å². The summed E-state index contributed by atoms with van der Waals surface area (Å²) in [5, 5.41) is 3.32. The number of ether oxygens (including phenoxy) is 1. The second kappa shape index (κ2) is 7.11. The zero-order chi connectivity index (χ0) is 13.5. The maximum atomic E-state index is 10.9. The molecule has 1 aliphatic rings. The molecular weight excluding hydrogens is 242 g/mol. The number of nitrogens with zero attached hydrogens (tertiary/aromatic N) is 1. The minimum Gasteiger partial charge on any atom is -0.492 e. The van der Waals surface area contributed by atoms with Gasteiger partial charge in [0.25, 0.3) is 0 Å². The molecule has 1 amide bonds. The van der Waals surface area contributed by atoms with E-state index in [1.807, 2.05) is 24.3 Å². The van der Waals surface area contributed by atoms with Gasteiger partial charge in [0.2, 0.25) is 5.91 Å². The Labute approximate surface area is 113 Å². The van der Waals surface area contributed by atoms with Crippen molar-refractivity contribution < 1.29 is 9.53 Å². The number of benzene rings is 1. The van der Waals surface area contributed by atoms with Crippen LogP contribution in [-0.2, 0) is 11.2 Å². The largest absolute Gasteiger partial charge is 0.492 e. The van der Waals surface area contributed by atoms with Crippen molar-refractivity contribution in [1.29, 1.82) is 0 Å². The highest BCUT2D eigenvalue weighted by molar-refractivity contribution is 5.76. The highest BCUT2D eigenvalue weighted by Gasteiger charge is 2.09. The summed E-state index contributed by atoms with van der Waals surface area (Å²) in [5.41, 5.74) is 6.08. The van der Waals surface area contributed by atoms with E-state index in [4.69, 9.17) is 10.5 Å². The molecule has 104 valence electrons. The predicted octanol–water partition coefficient (Wildman–Crippen LogP) is -0.00160. The van der Waals surface area contributed by atoms with Crippen LogP contribution < -0.4 is 15.8 Å². The van der Waals surface area contributed by atoms with E-state index in [1.165, 1.54) is 0 Å². The number of primary amides is 1. The maximum Gasteiger partial charge on any atom is 0.221 e. The lowest BCUT2D eigenvalue weighted by atomic mass is 10.1. The molecule has 1 aliphatic heterocycles. The van der Waals surface area contributed by atoms with Crippen LogP contribution in [0.3, 0.4) is 0 Å². The number of nitrogens with one attached hydrogen (secondary N) is 1. The summed E-state index contributed by atoms with van der Waals surface area (Å²) in [6.07, 6.45) is 0.259. The zero-order valence-electron chi connectivity index (χ0n) is 11.1. The molecule has 2 rings (SSSR count). The van der Waals surface area contributed by atoms with Crippen LogP contribution in [0.2, 0.25) is 0 Å². The highest BCUT2D eigenvalue weighted by atomic mass is 16.5. The van der Waals surface area contributed by atoms with Crippen LogP contribution in [0.1, 0.15) is 5.56 Å². The Morgan fingerprint density at radius 1 is 1.37 bits per heavy atom. The lowest BCUT2D eigenvalue weighted by Gasteiger charge is -2.26. The van der Waals surface area contributed by atoms with Crippen molar-refractivity contribution in [2.24, 2.45) is 5.73 Å². The second-order valence-electron chi connectivity index (χ2n) is 4.73. The first-order valence-electron chi connectivity index (χ1n) is 6.67. The molecule has 0 aliphatic carbocycles. The standard InChI is InChI=1S/C14H21N3O2/c15-14(18)11-12-2-1-3-13(10-12)19-9-8-17-6-4-16-5-7-17/h1-3,10,16H,4-9,11H2,(H2,15,18). The molecule has 19 heavy (non-hydrogen) atoms. The highest BCUT2D eigenvalue weighted by Crippen LogP contribution is 2.13. The number of carbonyl (C=O) groups is 1. The summed E-state index contributed by atoms with van der Waals surface area (Å²) in [7, 11) is 0. The fourth-order valence-electron chi connectivity index (χ4n) is 2.17. The van der Waals surface area contributed by atoms with Gasteiger partial charge in [0.1, 0.15) is 12.4 Å². The van der Waals surface area contributed by atoms with Crippen LogP contribution in [-0.4, -0.2) is 50.1 Å². The molecule has 5 heteroatoms. The molecule has 1 fully saturated rings. The Hall–Kier alpha value is -1.59. The number of hydrogen-bond donors (Lipinski definition) is 2. The topological polar surface area (TPSA) is 67.6 Å². The van der Waals surface area contributed by atoms with Gasteiger partial charge < -0.3 is 15.8 Å². The first-order chi connectivity index (χ1) is 9.24. The molecule has 0 spiro atoms. The quantitative estimate of drug-likeness (QED) is 0.758. The Morgan fingerprint density at radius 3 is 2.89 bits per heavy atom. The first kappa shape index (κ1) is 13.8. The summed E-state index contributed by atoms with van der Waals surface area (Å²) in [6, 6.07) is 7.55. The van der Waals surface area contributed by atoms with Gasteiger partial charge in [-0.1, -0.05) is 12.1 Å². The van der Waals surface area contributed by atoms with E-state index in [-0.39, 0.29) is 12.3 Å². The van der Waals surface area contributed by atoms with Gasteiger partial charge in [-0.3, -0.25) is 9.69 Å². The maximum absolute atomic E-state index is 10.9. The number of nitrogens with two attached hydrogens (primary N) is 1. The van der Waals surface area contributed by atoms with Gasteiger partial charge in [0, 0.05) is 32.7 Å². The summed E-state index contributed by atoms with van der Waals surface area (Å²) in [5.74, 6) is 0.479. The van der Waals surface area contributed by atoms with Crippen molar-refractivity contribution in [2.75, 3.05) is 39.3 Å². The molecule has 5 nitrogen and oxygen atoms in total. The Kier molecular flexibility index (Phi) is 5.18. The van der Waals surface area contributed by atoms with Crippen LogP contribution >= 0.6 is 0 Å². The fourth-order valence-corrected chi connectivity index (χ4v) is 2.17. The van der Waals surface area contributed by atoms with Crippen molar-refractivity contribution in [3.05, 3.63) is 29.8 Å². The lowest BCUT2D eigenvalue weighted by Crippen LogP contribution is -2.44. The molecule has 1 aromatic rings. The number of amides is 1. The molecule has 0 radical (unpaired) electrons. The van der Waals surface area contributed by atoms with Crippen molar-refractivity contribution in [3.63, 3.8) is 0 Å². The van der Waals surface area contributed by atoms with Gasteiger partial charge in [0.05, 0.1) is 6.42 Å². The van der Waals surface area contributed by atoms with Gasteiger partial charge in [-0.05, 0) is 17.7 Å². The van der Waals surface area contributed by atoms with Crippen molar-refractivity contribution in [2.45, 2.75) is 6.42 Å². The number of carbonyl (C=O) groups excluding carboxylic acids is 1. The van der Waals surface area contributed by atoms with E-state index in [2.05, 4.69) is 10.2 Å². The van der Waals surface area contributed by atoms with Crippen LogP contribution in [0.15, 0.2) is 24.3 Å². The van der Waals surface area contributed by atoms with E-state index < -0.39 is 0 Å². The SMILES string of the molecule is NC(=O)Cc1cccc(OCCN2CCNCC2)c1. The van der Waals surface area contributed by atoms with Crippen LogP contribution in [0.4, 0.5) is 0 Å². The molecule has 1 heterocycles. The molecule has 0 unspecified atom stereocenters. The van der Waals surface area contributed by atoms with E-state index in [0.717, 1.165) is 44.0 Å². The van der Waals surface area contributed by atoms with Gasteiger partial charge in [-0.15, -0.1) is 0 Å². The molecule has 1 saturated heterocycles. The molecule has 3 N–H and O–H groups in total. The number of rotatable bonds is 6. The summed E-state index contributed by atoms with van der Waals surface area (Å²) in [4.78, 5) is 13.2. The molecule has 0 atom stereocenters. The summed E-state index contributed by atoms with van der Waals surface area (Å²) in [6.45, 7) is 5.85. The Balaban J connectivity index is 1.77. The third-order valence-corrected chi connectivity index (χ3v) is 3.16. The molecule has 0 saturated carbocycles. The molecular formula is C14H21N3O2. The van der Waals surface area contributed by atoms with Gasteiger partial charge in [-0.25, -0.2) is 0 Å². The number of piperazine rings is 1. The first-order valence-corrected chi connectivity index (χ1v) is 6.67. The van der Waals surface area contributed by atoms with Gasteiger partial charge in [-0.2, -0.15) is 0 Å². The Morgan fingerprint density at radius 2 is 2.16 bits per heavy atom. The average molecular weight is 263 g/mol. The Bertz CT molecular complexity index is 417. The van der Waals surface area contributed by atoms with Crippen LogP contribution in [0.5, 0.6) is 5.75 Å². The molecule has 0 aromatic heterocycles. The van der Waals surface area contributed by atoms with Gasteiger partial charge in [0.15, 0.2) is 0 Å². The second-order valence-corrected chi connectivity index (χ2v) is 4.73. The molecule has 0 bridgehead atoms. The van der Waals surface area contributed by atoms with Crippen molar-refractivity contribution >= 4 is 5.91 Å². The summed E-state index contributed by atoms with van der Waals surface area (Å²) >= 11 is 0. The zero-order valence-corrected chi connectivity index (χ0v) is 11.1. The third kappa shape index (κ3) is 4.89. The minimum atomic E-state index is -0.321. The van der Waals surface area contributed by atoms with E-state index >= 15 is 0 Å². The fraction of sp³-hybridized carbons (Fsp3) is 0.500. The molecule has 1 aromatic carbocycles.